The van der Waals surface area contributed by atoms with E-state index in [-0.39, 0.29) is 44.1 Å². The van der Waals surface area contributed by atoms with Crippen LogP contribution >= 0.6 is 11.6 Å². The third-order valence-electron chi connectivity index (χ3n) is 6.16. The largest absolute Gasteiger partial charge is 0.416 e. The zero-order valence-corrected chi connectivity index (χ0v) is 19.1. The van der Waals surface area contributed by atoms with Crippen molar-refractivity contribution in [3.63, 3.8) is 0 Å². The number of nitrogens with two attached hydrogens (primary N) is 1. The van der Waals surface area contributed by atoms with E-state index in [1.54, 1.807) is 0 Å². The molecule has 188 valence electrons. The molecular weight excluding hydrogens is 522 g/mol. The monoisotopic (exact) mass is 534 g/mol. The van der Waals surface area contributed by atoms with Crippen molar-refractivity contribution in [2.45, 2.75) is 12.2 Å². The predicted octanol–water partition coefficient (Wildman–Crippen LogP) is 6.53. The second-order valence-corrected chi connectivity index (χ2v) is 8.80. The molecule has 0 aliphatic carbocycles. The second-order valence-electron chi connectivity index (χ2n) is 8.39. The van der Waals surface area contributed by atoms with E-state index in [1.807, 2.05) is 0 Å². The Morgan fingerprint density at radius 1 is 0.919 bits per heavy atom. The van der Waals surface area contributed by atoms with Gasteiger partial charge in [0.15, 0.2) is 0 Å². The summed E-state index contributed by atoms with van der Waals surface area (Å²) in [6.45, 7) is 0. The number of hydrogen-bond acceptors (Lipinski definition) is 2. The summed E-state index contributed by atoms with van der Waals surface area (Å²) in [5, 5.41) is 2.96. The minimum absolute atomic E-state index is 0.0212. The number of fused-ring (bicyclic) bond motifs is 3. The molecule has 0 saturated heterocycles. The van der Waals surface area contributed by atoms with Crippen LogP contribution in [0.1, 0.15) is 43.4 Å². The molecule has 4 nitrogen and oxygen atoms in total. The van der Waals surface area contributed by atoms with E-state index in [1.165, 1.54) is 18.2 Å². The molecule has 3 N–H and O–H groups in total. The number of rotatable bonds is 3. The minimum Gasteiger partial charge on any atom is -0.366 e. The highest BCUT2D eigenvalue weighted by Crippen LogP contribution is 2.46. The Kier molecular flexibility index (Phi) is 5.67. The first-order valence-corrected chi connectivity index (χ1v) is 11.0. The van der Waals surface area contributed by atoms with Gasteiger partial charge in [0.2, 0.25) is 5.91 Å². The summed E-state index contributed by atoms with van der Waals surface area (Å²) in [5.74, 6) is -4.94. The molecule has 1 unspecified atom stereocenters. The quantitative estimate of drug-likeness (QED) is 0.293. The fraction of sp³-hybridized carbons (Fsp3) is 0.0769. The Bertz CT molecular complexity index is 1650. The average Bonchev–Trinajstić information content (AvgIpc) is 3.16. The van der Waals surface area contributed by atoms with E-state index < -0.39 is 58.2 Å². The topological polar surface area (TPSA) is 72.2 Å². The zero-order valence-electron chi connectivity index (χ0n) is 18.3. The highest BCUT2D eigenvalue weighted by molar-refractivity contribution is 6.31. The maximum absolute atomic E-state index is 15.4. The van der Waals surface area contributed by atoms with Gasteiger partial charge in [-0.15, -0.1) is 0 Å². The van der Waals surface area contributed by atoms with E-state index in [9.17, 15) is 31.5 Å². The lowest BCUT2D eigenvalue weighted by atomic mass is 9.84. The normalized spacial score (nSPS) is 15.1. The van der Waals surface area contributed by atoms with Crippen molar-refractivity contribution in [3.05, 3.63) is 105 Å². The smallest absolute Gasteiger partial charge is 0.366 e. The molecule has 37 heavy (non-hydrogen) atoms. The van der Waals surface area contributed by atoms with Gasteiger partial charge in [-0.1, -0.05) is 17.7 Å². The zero-order chi connectivity index (χ0) is 26.8. The molecule has 1 aliphatic heterocycles. The fourth-order valence-electron chi connectivity index (χ4n) is 4.62. The van der Waals surface area contributed by atoms with Crippen molar-refractivity contribution in [2.75, 3.05) is 0 Å². The summed E-state index contributed by atoms with van der Waals surface area (Å²) in [6.07, 6.45) is -4.98. The number of carbonyl (C=O) groups excluding carboxylic acids is 2. The molecule has 1 heterocycles. The van der Waals surface area contributed by atoms with Gasteiger partial charge in [0.05, 0.1) is 22.7 Å². The Morgan fingerprint density at radius 3 is 2.27 bits per heavy atom. The number of alkyl halides is 3. The summed E-state index contributed by atoms with van der Waals surface area (Å²) in [6, 6.07) is 7.45. The number of primary amides is 1. The predicted molar refractivity (Wildman–Crippen MR) is 124 cm³/mol. The van der Waals surface area contributed by atoms with Gasteiger partial charge in [-0.2, -0.15) is 13.2 Å². The first-order chi connectivity index (χ1) is 17.4. The van der Waals surface area contributed by atoms with Crippen LogP contribution in [0.5, 0.6) is 0 Å². The molecular formula is C26H13ClF6N2O2. The van der Waals surface area contributed by atoms with Gasteiger partial charge < -0.3 is 11.1 Å². The van der Waals surface area contributed by atoms with Gasteiger partial charge >= 0.3 is 6.18 Å². The van der Waals surface area contributed by atoms with Crippen molar-refractivity contribution in [1.82, 2.24) is 5.32 Å². The van der Waals surface area contributed by atoms with Gasteiger partial charge in [-0.05, 0) is 64.9 Å². The van der Waals surface area contributed by atoms with Crippen LogP contribution in [0.15, 0.2) is 54.6 Å². The van der Waals surface area contributed by atoms with Crippen LogP contribution in [0.25, 0.3) is 21.9 Å². The molecule has 11 heteroatoms. The number of halogens is 7. The van der Waals surface area contributed by atoms with Crippen LogP contribution in [0.4, 0.5) is 26.3 Å². The number of hydrogen-bond donors (Lipinski definition) is 2. The molecule has 0 aromatic heterocycles. The molecule has 0 radical (unpaired) electrons. The summed E-state index contributed by atoms with van der Waals surface area (Å²) < 4.78 is 83.8. The van der Waals surface area contributed by atoms with Gasteiger partial charge in [0.25, 0.3) is 5.91 Å². The molecule has 0 saturated carbocycles. The van der Waals surface area contributed by atoms with Crippen molar-refractivity contribution < 1.29 is 35.9 Å². The van der Waals surface area contributed by atoms with Gasteiger partial charge in [0.1, 0.15) is 17.5 Å². The molecule has 4 aromatic rings. The molecule has 0 bridgehead atoms. The van der Waals surface area contributed by atoms with Gasteiger partial charge in [-0.25, -0.2) is 13.2 Å². The van der Waals surface area contributed by atoms with Crippen LogP contribution in [0.2, 0.25) is 5.02 Å². The number of nitrogens with one attached hydrogen (secondary N) is 1. The van der Waals surface area contributed by atoms with E-state index in [0.717, 1.165) is 24.3 Å². The number of benzene rings is 4. The lowest BCUT2D eigenvalue weighted by molar-refractivity contribution is -0.137. The third-order valence-corrected chi connectivity index (χ3v) is 6.50. The average molecular weight is 535 g/mol. The Balaban J connectivity index is 1.93. The molecule has 0 fully saturated rings. The molecule has 1 atom stereocenters. The highest BCUT2D eigenvalue weighted by atomic mass is 35.5. The SMILES string of the molecule is NC(=O)c1cc(C(F)(F)F)cc(F)c1-c1cc2ccc(F)cc2c2c1C(c1cc(F)ccc1Cl)NC2=O. The van der Waals surface area contributed by atoms with E-state index in [4.69, 9.17) is 17.3 Å². The number of carbonyl (C=O) groups is 2. The van der Waals surface area contributed by atoms with Crippen LogP contribution in [-0.4, -0.2) is 11.8 Å². The maximum Gasteiger partial charge on any atom is 0.416 e. The van der Waals surface area contributed by atoms with Crippen molar-refractivity contribution in [2.24, 2.45) is 5.73 Å². The molecule has 5 rings (SSSR count). The minimum atomic E-state index is -4.98. The van der Waals surface area contributed by atoms with Crippen LogP contribution in [-0.2, 0) is 6.18 Å². The van der Waals surface area contributed by atoms with E-state index >= 15 is 4.39 Å². The summed E-state index contributed by atoms with van der Waals surface area (Å²) in [7, 11) is 0. The molecule has 2 amide bonds. The Hall–Kier alpha value is -4.05. The van der Waals surface area contributed by atoms with E-state index in [0.29, 0.717) is 6.07 Å². The van der Waals surface area contributed by atoms with Gasteiger partial charge in [-0.3, -0.25) is 9.59 Å². The van der Waals surface area contributed by atoms with Crippen molar-refractivity contribution in [1.29, 1.82) is 0 Å². The Labute approximate surface area is 209 Å². The number of amides is 2. The third kappa shape index (κ3) is 4.07. The van der Waals surface area contributed by atoms with Gasteiger partial charge in [0, 0.05) is 21.7 Å². The summed E-state index contributed by atoms with van der Waals surface area (Å²) in [4.78, 5) is 25.4. The summed E-state index contributed by atoms with van der Waals surface area (Å²) >= 11 is 6.27. The van der Waals surface area contributed by atoms with Crippen LogP contribution < -0.4 is 11.1 Å². The fourth-order valence-corrected chi connectivity index (χ4v) is 4.84. The van der Waals surface area contributed by atoms with Crippen LogP contribution in [0, 0.1) is 17.5 Å². The lowest BCUT2D eigenvalue weighted by Gasteiger charge is -2.21. The molecule has 0 spiro atoms. The molecule has 1 aliphatic rings. The second kappa shape index (κ2) is 8.52. The highest BCUT2D eigenvalue weighted by Gasteiger charge is 2.38. The first kappa shape index (κ1) is 24.6. The maximum atomic E-state index is 15.4. The first-order valence-electron chi connectivity index (χ1n) is 10.6. The van der Waals surface area contributed by atoms with Crippen molar-refractivity contribution >= 4 is 34.2 Å². The van der Waals surface area contributed by atoms with Crippen molar-refractivity contribution in [3.8, 4) is 11.1 Å². The lowest BCUT2D eigenvalue weighted by Crippen LogP contribution is -2.21. The summed E-state index contributed by atoms with van der Waals surface area (Å²) in [5.41, 5.74) is 2.24. The van der Waals surface area contributed by atoms with Crippen LogP contribution in [0.3, 0.4) is 0 Å². The standard InChI is InChI=1S/C26H13ClF6N2O2/c27-18-4-3-13(29)9-15(18)23-21-16(5-10-1-2-12(28)8-14(10)22(21)25(37)35-23)20-17(24(34)36)6-11(7-19(20)30)26(31,32)33/h1-9,23H,(H2,34,36)(H,35,37). The van der Waals surface area contributed by atoms with E-state index in [2.05, 4.69) is 5.32 Å². The Morgan fingerprint density at radius 2 is 1.59 bits per heavy atom. The molecule has 4 aromatic carbocycles.